The van der Waals surface area contributed by atoms with Crippen LogP contribution in [0.15, 0.2) is 17.4 Å². The second-order valence-electron chi connectivity index (χ2n) is 6.78. The normalized spacial score (nSPS) is 22.6. The van der Waals surface area contributed by atoms with Crippen molar-refractivity contribution in [3.05, 3.63) is 18.0 Å². The summed E-state index contributed by atoms with van der Waals surface area (Å²) in [6.45, 7) is 4.23. The van der Waals surface area contributed by atoms with Gasteiger partial charge in [-0.05, 0) is 24.7 Å². The highest BCUT2D eigenvalue weighted by Crippen LogP contribution is 2.30. The van der Waals surface area contributed by atoms with Crippen molar-refractivity contribution in [2.45, 2.75) is 45.6 Å². The summed E-state index contributed by atoms with van der Waals surface area (Å²) < 4.78 is 1.84. The third kappa shape index (κ3) is 5.04. The van der Waals surface area contributed by atoms with Gasteiger partial charge < -0.3 is 10.2 Å². The van der Waals surface area contributed by atoms with Crippen LogP contribution in [0, 0.1) is 11.8 Å². The Morgan fingerprint density at radius 3 is 2.95 bits per heavy atom. The van der Waals surface area contributed by atoms with E-state index in [1.165, 1.54) is 37.7 Å². The minimum atomic E-state index is 0.827. The lowest BCUT2D eigenvalue weighted by atomic mass is 9.81. The Hall–Kier alpha value is -1.52. The van der Waals surface area contributed by atoms with E-state index in [0.29, 0.717) is 0 Å². The molecule has 1 heterocycles. The monoisotopic (exact) mass is 305 g/mol. The molecule has 0 radical (unpaired) electrons. The topological polar surface area (TPSA) is 45.5 Å². The van der Waals surface area contributed by atoms with Gasteiger partial charge in [0, 0.05) is 46.0 Å². The van der Waals surface area contributed by atoms with Crippen molar-refractivity contribution in [2.24, 2.45) is 23.9 Å². The summed E-state index contributed by atoms with van der Waals surface area (Å²) in [6, 6.07) is 0. The van der Waals surface area contributed by atoms with Crippen molar-refractivity contribution in [1.29, 1.82) is 0 Å². The smallest absolute Gasteiger partial charge is 0.193 e. The molecule has 1 aromatic rings. The highest BCUT2D eigenvalue weighted by molar-refractivity contribution is 5.79. The third-order valence-electron chi connectivity index (χ3n) is 4.63. The lowest BCUT2D eigenvalue weighted by Crippen LogP contribution is -2.39. The minimum Gasteiger partial charge on any atom is -0.356 e. The van der Waals surface area contributed by atoms with E-state index in [1.54, 1.807) is 0 Å². The van der Waals surface area contributed by atoms with Crippen LogP contribution in [-0.4, -0.2) is 41.3 Å². The molecule has 1 aromatic heterocycles. The van der Waals surface area contributed by atoms with E-state index in [0.717, 1.165) is 30.9 Å². The van der Waals surface area contributed by atoms with E-state index in [4.69, 9.17) is 0 Å². The molecule has 5 heteroatoms. The van der Waals surface area contributed by atoms with Crippen LogP contribution in [0.5, 0.6) is 0 Å². The molecule has 2 atom stereocenters. The molecule has 1 fully saturated rings. The van der Waals surface area contributed by atoms with Gasteiger partial charge in [-0.25, -0.2) is 0 Å². The average Bonchev–Trinajstić information content (AvgIpc) is 2.88. The van der Waals surface area contributed by atoms with Crippen LogP contribution in [0.4, 0.5) is 0 Å². The van der Waals surface area contributed by atoms with Gasteiger partial charge in [0.15, 0.2) is 5.96 Å². The SMILES string of the molecule is CN=C(NCCC1CCCC(C)C1)N(C)Cc1cnn(C)c1. The summed E-state index contributed by atoms with van der Waals surface area (Å²) in [5.74, 6) is 2.76. The van der Waals surface area contributed by atoms with E-state index >= 15 is 0 Å². The Morgan fingerprint density at radius 1 is 1.50 bits per heavy atom. The largest absolute Gasteiger partial charge is 0.356 e. The maximum absolute atomic E-state index is 4.39. The van der Waals surface area contributed by atoms with Gasteiger partial charge in [-0.15, -0.1) is 0 Å². The molecule has 124 valence electrons. The van der Waals surface area contributed by atoms with Gasteiger partial charge in [0.1, 0.15) is 0 Å². The number of aromatic nitrogens is 2. The Morgan fingerprint density at radius 2 is 2.32 bits per heavy atom. The first-order valence-electron chi connectivity index (χ1n) is 8.47. The number of aliphatic imine (C=N–C) groups is 1. The summed E-state index contributed by atoms with van der Waals surface area (Å²) in [7, 11) is 5.87. The first kappa shape index (κ1) is 16.8. The zero-order valence-electron chi connectivity index (χ0n) is 14.5. The zero-order valence-corrected chi connectivity index (χ0v) is 14.5. The molecule has 0 amide bonds. The van der Waals surface area contributed by atoms with Crippen LogP contribution < -0.4 is 5.32 Å². The lowest BCUT2D eigenvalue weighted by Gasteiger charge is -2.27. The fourth-order valence-electron chi connectivity index (χ4n) is 3.50. The van der Waals surface area contributed by atoms with E-state index in [9.17, 15) is 0 Å². The highest BCUT2D eigenvalue weighted by Gasteiger charge is 2.18. The Bertz CT molecular complexity index is 479. The van der Waals surface area contributed by atoms with Gasteiger partial charge in [-0.2, -0.15) is 5.10 Å². The predicted molar refractivity (Wildman–Crippen MR) is 91.8 cm³/mol. The number of nitrogens with zero attached hydrogens (tertiary/aromatic N) is 4. The van der Waals surface area contributed by atoms with Gasteiger partial charge in [-0.3, -0.25) is 9.67 Å². The Kier molecular flexibility index (Phi) is 6.28. The number of guanidine groups is 1. The lowest BCUT2D eigenvalue weighted by molar-refractivity contribution is 0.269. The Labute approximate surface area is 134 Å². The fourth-order valence-corrected chi connectivity index (χ4v) is 3.50. The first-order chi connectivity index (χ1) is 10.6. The van der Waals surface area contributed by atoms with Crippen LogP contribution in [0.2, 0.25) is 0 Å². The molecule has 0 bridgehead atoms. The van der Waals surface area contributed by atoms with Crippen LogP contribution >= 0.6 is 0 Å². The van der Waals surface area contributed by atoms with Gasteiger partial charge in [-0.1, -0.05) is 26.2 Å². The molecule has 22 heavy (non-hydrogen) atoms. The predicted octanol–water partition coefficient (Wildman–Crippen LogP) is 2.64. The molecule has 2 rings (SSSR count). The van der Waals surface area contributed by atoms with E-state index in [-0.39, 0.29) is 0 Å². The standard InChI is InChI=1S/C17H31N5/c1-14-6-5-7-15(10-14)8-9-19-17(18-2)21(3)12-16-11-20-22(4)13-16/h11,13-15H,5-10,12H2,1-4H3,(H,18,19). The molecule has 0 aromatic carbocycles. The number of rotatable bonds is 5. The molecule has 5 nitrogen and oxygen atoms in total. The summed E-state index contributed by atoms with van der Waals surface area (Å²) in [6.07, 6.45) is 10.8. The van der Waals surface area contributed by atoms with Crippen LogP contribution in [0.3, 0.4) is 0 Å². The molecule has 0 aliphatic heterocycles. The van der Waals surface area contributed by atoms with Crippen molar-refractivity contribution in [2.75, 3.05) is 20.6 Å². The molecule has 1 N–H and O–H groups in total. The number of hydrogen-bond donors (Lipinski definition) is 1. The zero-order chi connectivity index (χ0) is 15.9. The maximum Gasteiger partial charge on any atom is 0.193 e. The molecule has 1 aliphatic rings. The fraction of sp³-hybridized carbons (Fsp3) is 0.765. The second-order valence-corrected chi connectivity index (χ2v) is 6.78. The number of nitrogens with one attached hydrogen (secondary N) is 1. The molecule has 1 aliphatic carbocycles. The first-order valence-corrected chi connectivity index (χ1v) is 8.47. The van der Waals surface area contributed by atoms with Crippen molar-refractivity contribution in [3.8, 4) is 0 Å². The van der Waals surface area contributed by atoms with Gasteiger partial charge in [0.25, 0.3) is 0 Å². The van der Waals surface area contributed by atoms with Gasteiger partial charge in [0.2, 0.25) is 0 Å². The molecule has 2 unspecified atom stereocenters. The third-order valence-corrected chi connectivity index (χ3v) is 4.63. The Balaban J connectivity index is 1.74. The molecule has 1 saturated carbocycles. The van der Waals surface area contributed by atoms with Gasteiger partial charge >= 0.3 is 0 Å². The number of aryl methyl sites for hydroxylation is 1. The van der Waals surface area contributed by atoms with Crippen molar-refractivity contribution < 1.29 is 0 Å². The minimum absolute atomic E-state index is 0.827. The summed E-state index contributed by atoms with van der Waals surface area (Å²) in [4.78, 5) is 6.55. The van der Waals surface area contributed by atoms with Crippen LogP contribution in [0.25, 0.3) is 0 Å². The van der Waals surface area contributed by atoms with E-state index < -0.39 is 0 Å². The van der Waals surface area contributed by atoms with Crippen LogP contribution in [-0.2, 0) is 13.6 Å². The average molecular weight is 305 g/mol. The van der Waals surface area contributed by atoms with E-state index in [2.05, 4.69) is 34.3 Å². The van der Waals surface area contributed by atoms with Crippen molar-refractivity contribution in [1.82, 2.24) is 20.0 Å². The highest BCUT2D eigenvalue weighted by atomic mass is 15.3. The second kappa shape index (κ2) is 8.20. The quantitative estimate of drug-likeness (QED) is 0.672. The van der Waals surface area contributed by atoms with E-state index in [1.807, 2.05) is 31.2 Å². The summed E-state index contributed by atoms with van der Waals surface area (Å²) in [5.41, 5.74) is 1.20. The summed E-state index contributed by atoms with van der Waals surface area (Å²) >= 11 is 0. The van der Waals surface area contributed by atoms with Crippen LogP contribution in [0.1, 0.15) is 44.6 Å². The molecule has 0 saturated heterocycles. The maximum atomic E-state index is 4.39. The van der Waals surface area contributed by atoms with Gasteiger partial charge in [0.05, 0.1) is 6.20 Å². The van der Waals surface area contributed by atoms with Crippen molar-refractivity contribution in [3.63, 3.8) is 0 Å². The molecular formula is C17H31N5. The van der Waals surface area contributed by atoms with Crippen molar-refractivity contribution >= 4 is 5.96 Å². The molecular weight excluding hydrogens is 274 g/mol. The number of hydrogen-bond acceptors (Lipinski definition) is 2. The summed E-state index contributed by atoms with van der Waals surface area (Å²) in [5, 5.41) is 7.72. The molecule has 0 spiro atoms.